The molecule has 1 aliphatic rings. The molecule has 0 aliphatic heterocycles. The summed E-state index contributed by atoms with van der Waals surface area (Å²) in [5, 5.41) is 8.49. The van der Waals surface area contributed by atoms with Crippen molar-refractivity contribution in [3.63, 3.8) is 0 Å². The zero-order chi connectivity index (χ0) is 14.1. The van der Waals surface area contributed by atoms with Crippen molar-refractivity contribution in [3.05, 3.63) is 0 Å². The van der Waals surface area contributed by atoms with Gasteiger partial charge in [0, 0.05) is 0 Å². The maximum absolute atomic E-state index is 11.4. The molecule has 0 amide bonds. The number of ether oxygens (including phenoxy) is 2. The minimum Gasteiger partial charge on any atom is -0.481 e. The molecule has 0 radical (unpaired) electrons. The molecule has 1 saturated carbocycles. The zero-order valence-corrected chi connectivity index (χ0v) is 11.6. The van der Waals surface area contributed by atoms with Crippen LogP contribution in [0.2, 0.25) is 0 Å². The van der Waals surface area contributed by atoms with E-state index in [2.05, 4.69) is 0 Å². The molecular weight excluding hydrogens is 248 g/mol. The Morgan fingerprint density at radius 3 is 2.47 bits per heavy atom. The Morgan fingerprint density at radius 1 is 1.21 bits per heavy atom. The van der Waals surface area contributed by atoms with Gasteiger partial charge >= 0.3 is 11.9 Å². The molecular formula is C14H24O5. The fourth-order valence-electron chi connectivity index (χ4n) is 2.16. The molecule has 1 fully saturated rings. The van der Waals surface area contributed by atoms with Crippen LogP contribution in [-0.4, -0.2) is 35.9 Å². The monoisotopic (exact) mass is 272 g/mol. The van der Waals surface area contributed by atoms with E-state index in [0.29, 0.717) is 19.1 Å². The largest absolute Gasteiger partial charge is 0.481 e. The van der Waals surface area contributed by atoms with Crippen LogP contribution in [0.3, 0.4) is 0 Å². The van der Waals surface area contributed by atoms with Gasteiger partial charge in [-0.3, -0.25) is 9.59 Å². The number of rotatable bonds is 8. The molecule has 19 heavy (non-hydrogen) atoms. The van der Waals surface area contributed by atoms with E-state index in [-0.39, 0.29) is 18.9 Å². The van der Waals surface area contributed by atoms with Crippen molar-refractivity contribution >= 4 is 11.9 Å². The van der Waals surface area contributed by atoms with Crippen LogP contribution in [0.5, 0.6) is 0 Å². The Hall–Kier alpha value is -1.10. The lowest BCUT2D eigenvalue weighted by Crippen LogP contribution is -2.27. The lowest BCUT2D eigenvalue weighted by Gasteiger charge is -2.24. The van der Waals surface area contributed by atoms with Gasteiger partial charge in [0.05, 0.1) is 25.6 Å². The highest BCUT2D eigenvalue weighted by molar-refractivity contribution is 5.76. The molecule has 1 N–H and O–H groups in total. The molecule has 1 rings (SSSR count). The average Bonchev–Trinajstić information content (AvgIpc) is 2.42. The smallest absolute Gasteiger partial charge is 0.306 e. The van der Waals surface area contributed by atoms with Crippen LogP contribution in [0.4, 0.5) is 0 Å². The summed E-state index contributed by atoms with van der Waals surface area (Å²) < 4.78 is 11.0. The molecule has 1 unspecified atom stereocenters. The molecule has 0 aromatic rings. The quantitative estimate of drug-likeness (QED) is 0.687. The Morgan fingerprint density at radius 2 is 1.89 bits per heavy atom. The van der Waals surface area contributed by atoms with E-state index < -0.39 is 11.9 Å². The van der Waals surface area contributed by atoms with Gasteiger partial charge in [0.1, 0.15) is 6.10 Å². The minimum atomic E-state index is -0.983. The number of carbonyl (C=O) groups is 2. The summed E-state index contributed by atoms with van der Waals surface area (Å²) in [6, 6.07) is 0. The van der Waals surface area contributed by atoms with Crippen molar-refractivity contribution in [3.8, 4) is 0 Å². The summed E-state index contributed by atoms with van der Waals surface area (Å²) in [6.07, 6.45) is 6.33. The molecule has 0 aromatic carbocycles. The van der Waals surface area contributed by atoms with Crippen molar-refractivity contribution in [2.75, 3.05) is 6.61 Å². The summed E-state index contributed by atoms with van der Waals surface area (Å²) in [7, 11) is 0. The van der Waals surface area contributed by atoms with E-state index >= 15 is 0 Å². The predicted molar refractivity (Wildman–Crippen MR) is 69.9 cm³/mol. The van der Waals surface area contributed by atoms with Crippen molar-refractivity contribution < 1.29 is 24.2 Å². The number of hydrogen-bond donors (Lipinski definition) is 1. The second-order valence-corrected chi connectivity index (χ2v) is 5.01. The molecule has 5 heteroatoms. The van der Waals surface area contributed by atoms with Gasteiger partial charge in [0.15, 0.2) is 0 Å². The molecule has 0 saturated heterocycles. The van der Waals surface area contributed by atoms with Crippen LogP contribution >= 0.6 is 0 Å². The highest BCUT2D eigenvalue weighted by Crippen LogP contribution is 2.20. The minimum absolute atomic E-state index is 0.0741. The zero-order valence-electron chi connectivity index (χ0n) is 11.6. The van der Waals surface area contributed by atoms with Crippen molar-refractivity contribution in [1.29, 1.82) is 0 Å². The van der Waals surface area contributed by atoms with Gasteiger partial charge in [0.25, 0.3) is 0 Å². The van der Waals surface area contributed by atoms with Crippen LogP contribution in [0, 0.1) is 0 Å². The van der Waals surface area contributed by atoms with E-state index in [0.717, 1.165) is 12.8 Å². The summed E-state index contributed by atoms with van der Waals surface area (Å²) in [4.78, 5) is 21.8. The Bertz CT molecular complexity index is 284. The number of carboxylic acid groups (broad SMARTS) is 1. The Kier molecular flexibility index (Phi) is 7.48. The van der Waals surface area contributed by atoms with Gasteiger partial charge in [-0.2, -0.15) is 0 Å². The Labute approximate surface area is 114 Å². The van der Waals surface area contributed by atoms with E-state index in [9.17, 15) is 9.59 Å². The summed E-state index contributed by atoms with van der Waals surface area (Å²) in [5.74, 6) is -1.44. The third-order valence-corrected chi connectivity index (χ3v) is 3.37. The van der Waals surface area contributed by atoms with Gasteiger partial charge in [0.2, 0.25) is 0 Å². The third-order valence-electron chi connectivity index (χ3n) is 3.37. The SMILES string of the molecule is CCC(COC1CCCCC1)OC(=O)CCC(=O)O. The predicted octanol–water partition coefficient (Wildman–Crippen LogP) is 2.52. The highest BCUT2D eigenvalue weighted by Gasteiger charge is 2.18. The standard InChI is InChI=1S/C14H24O5/c1-2-11(19-14(17)9-8-13(15)16)10-18-12-6-4-3-5-7-12/h11-12H,2-10H2,1H3,(H,15,16). The molecule has 0 heterocycles. The second kappa shape index (κ2) is 8.91. The normalized spacial score (nSPS) is 17.9. The molecule has 0 bridgehead atoms. The number of esters is 1. The number of aliphatic carboxylic acids is 1. The maximum Gasteiger partial charge on any atom is 0.306 e. The van der Waals surface area contributed by atoms with Gasteiger partial charge in [-0.15, -0.1) is 0 Å². The van der Waals surface area contributed by atoms with E-state index in [1.165, 1.54) is 19.3 Å². The summed E-state index contributed by atoms with van der Waals surface area (Å²) in [5.41, 5.74) is 0. The first-order valence-corrected chi connectivity index (χ1v) is 7.14. The average molecular weight is 272 g/mol. The van der Waals surface area contributed by atoms with Crippen LogP contribution in [-0.2, 0) is 19.1 Å². The van der Waals surface area contributed by atoms with Crippen molar-refractivity contribution in [2.45, 2.75) is 70.5 Å². The van der Waals surface area contributed by atoms with Crippen molar-refractivity contribution in [1.82, 2.24) is 0 Å². The molecule has 0 spiro atoms. The van der Waals surface area contributed by atoms with Gasteiger partial charge in [-0.05, 0) is 19.3 Å². The number of carboxylic acids is 1. The summed E-state index contributed by atoms with van der Waals surface area (Å²) in [6.45, 7) is 2.35. The van der Waals surface area contributed by atoms with Crippen LogP contribution < -0.4 is 0 Å². The van der Waals surface area contributed by atoms with Gasteiger partial charge in [-0.1, -0.05) is 26.2 Å². The number of carbonyl (C=O) groups excluding carboxylic acids is 1. The molecule has 0 aromatic heterocycles. The van der Waals surface area contributed by atoms with Crippen LogP contribution in [0.1, 0.15) is 58.3 Å². The fraction of sp³-hybridized carbons (Fsp3) is 0.857. The molecule has 1 aliphatic carbocycles. The lowest BCUT2D eigenvalue weighted by molar-refractivity contribution is -0.156. The first-order chi connectivity index (χ1) is 9.11. The van der Waals surface area contributed by atoms with E-state index in [1.54, 1.807) is 0 Å². The maximum atomic E-state index is 11.4. The van der Waals surface area contributed by atoms with Crippen molar-refractivity contribution in [2.24, 2.45) is 0 Å². The van der Waals surface area contributed by atoms with Gasteiger partial charge < -0.3 is 14.6 Å². The van der Waals surface area contributed by atoms with Crippen LogP contribution in [0.25, 0.3) is 0 Å². The van der Waals surface area contributed by atoms with E-state index in [4.69, 9.17) is 14.6 Å². The Balaban J connectivity index is 2.20. The van der Waals surface area contributed by atoms with Gasteiger partial charge in [-0.25, -0.2) is 0 Å². The highest BCUT2D eigenvalue weighted by atomic mass is 16.6. The lowest BCUT2D eigenvalue weighted by atomic mass is 9.98. The van der Waals surface area contributed by atoms with E-state index in [1.807, 2.05) is 6.92 Å². The first kappa shape index (κ1) is 16.0. The first-order valence-electron chi connectivity index (χ1n) is 7.14. The molecule has 1 atom stereocenters. The fourth-order valence-corrected chi connectivity index (χ4v) is 2.16. The number of hydrogen-bond acceptors (Lipinski definition) is 4. The molecule has 5 nitrogen and oxygen atoms in total. The second-order valence-electron chi connectivity index (χ2n) is 5.01. The van der Waals surface area contributed by atoms with Crippen LogP contribution in [0.15, 0.2) is 0 Å². The summed E-state index contributed by atoms with van der Waals surface area (Å²) >= 11 is 0. The third kappa shape index (κ3) is 7.15. The molecule has 110 valence electrons. The topological polar surface area (TPSA) is 72.8 Å².